The van der Waals surface area contributed by atoms with E-state index in [0.29, 0.717) is 24.8 Å². The highest BCUT2D eigenvalue weighted by Crippen LogP contribution is 2.34. The standard InChI is InChI=1S/C20H32N4O2.HI/c1-5-21-20(23-16-12-14-10-11-19(16)26-14)22-13-17(24(2)3)15-8-6-7-9-18(15)25-4;/h6-9,14,16-17,19H,5,10-13H2,1-4H3,(H2,21,22,23);1H. The lowest BCUT2D eigenvalue weighted by Gasteiger charge is -2.26. The predicted octanol–water partition coefficient (Wildman–Crippen LogP) is 2.79. The van der Waals surface area contributed by atoms with Gasteiger partial charge < -0.3 is 25.0 Å². The molecule has 6 nitrogen and oxygen atoms in total. The van der Waals surface area contributed by atoms with Crippen molar-refractivity contribution in [3.63, 3.8) is 0 Å². The smallest absolute Gasteiger partial charge is 0.191 e. The fourth-order valence-electron chi connectivity index (χ4n) is 3.94. The molecule has 2 heterocycles. The second-order valence-corrected chi connectivity index (χ2v) is 7.30. The van der Waals surface area contributed by atoms with E-state index in [-0.39, 0.29) is 30.0 Å². The summed E-state index contributed by atoms with van der Waals surface area (Å²) in [5, 5.41) is 6.96. The molecule has 1 aromatic carbocycles. The lowest BCUT2D eigenvalue weighted by atomic mass is 9.96. The van der Waals surface area contributed by atoms with Crippen molar-refractivity contribution < 1.29 is 9.47 Å². The van der Waals surface area contributed by atoms with Crippen LogP contribution in [0.1, 0.15) is 37.8 Å². The second kappa shape index (κ2) is 10.5. The first-order valence-electron chi connectivity index (χ1n) is 9.62. The summed E-state index contributed by atoms with van der Waals surface area (Å²) in [5.74, 6) is 1.77. The maximum absolute atomic E-state index is 5.96. The van der Waals surface area contributed by atoms with Gasteiger partial charge in [0.05, 0.1) is 37.9 Å². The van der Waals surface area contributed by atoms with Crippen LogP contribution in [-0.2, 0) is 4.74 Å². The molecule has 152 valence electrons. The van der Waals surface area contributed by atoms with Gasteiger partial charge in [-0.05, 0) is 46.3 Å². The number of ether oxygens (including phenoxy) is 2. The van der Waals surface area contributed by atoms with Gasteiger partial charge in [-0.2, -0.15) is 0 Å². The molecule has 0 aliphatic carbocycles. The van der Waals surface area contributed by atoms with Crippen molar-refractivity contribution in [3.8, 4) is 5.75 Å². The number of fused-ring (bicyclic) bond motifs is 2. The number of likely N-dealkylation sites (N-methyl/N-ethyl adjacent to an activating group) is 1. The fourth-order valence-corrected chi connectivity index (χ4v) is 3.94. The highest BCUT2D eigenvalue weighted by molar-refractivity contribution is 14.0. The average molecular weight is 488 g/mol. The topological polar surface area (TPSA) is 58.1 Å². The molecule has 1 aromatic rings. The van der Waals surface area contributed by atoms with Gasteiger partial charge in [-0.25, -0.2) is 0 Å². The zero-order valence-corrected chi connectivity index (χ0v) is 19.1. The van der Waals surface area contributed by atoms with Crippen LogP contribution in [0.4, 0.5) is 0 Å². The quantitative estimate of drug-likeness (QED) is 0.351. The number of hydrogen-bond acceptors (Lipinski definition) is 4. The number of para-hydroxylation sites is 1. The van der Waals surface area contributed by atoms with Crippen LogP contribution in [-0.4, -0.2) is 63.4 Å². The monoisotopic (exact) mass is 488 g/mol. The molecule has 27 heavy (non-hydrogen) atoms. The van der Waals surface area contributed by atoms with Gasteiger partial charge >= 0.3 is 0 Å². The van der Waals surface area contributed by atoms with Gasteiger partial charge in [-0.3, -0.25) is 4.99 Å². The third kappa shape index (κ3) is 5.48. The number of halogens is 1. The number of aliphatic imine (C=N–C) groups is 1. The first-order chi connectivity index (χ1) is 12.6. The predicted molar refractivity (Wildman–Crippen MR) is 120 cm³/mol. The fraction of sp³-hybridized carbons (Fsp3) is 0.650. The van der Waals surface area contributed by atoms with Gasteiger partial charge in [0.15, 0.2) is 5.96 Å². The highest BCUT2D eigenvalue weighted by Gasteiger charge is 2.41. The third-order valence-corrected chi connectivity index (χ3v) is 5.32. The normalized spacial score (nSPS) is 25.2. The van der Waals surface area contributed by atoms with Gasteiger partial charge in [0, 0.05) is 12.1 Å². The number of methoxy groups -OCH3 is 1. The molecule has 2 N–H and O–H groups in total. The first kappa shape index (κ1) is 22.2. The molecule has 3 rings (SSSR count). The van der Waals surface area contributed by atoms with E-state index in [0.717, 1.165) is 36.7 Å². The van der Waals surface area contributed by atoms with E-state index in [9.17, 15) is 0 Å². The van der Waals surface area contributed by atoms with Crippen molar-refractivity contribution >= 4 is 29.9 Å². The van der Waals surface area contributed by atoms with E-state index in [4.69, 9.17) is 14.5 Å². The molecule has 0 radical (unpaired) electrons. The van der Waals surface area contributed by atoms with Gasteiger partial charge in [-0.1, -0.05) is 18.2 Å². The lowest BCUT2D eigenvalue weighted by Crippen LogP contribution is -2.47. The Hall–Kier alpha value is -1.06. The molecule has 4 atom stereocenters. The number of hydrogen-bond donors (Lipinski definition) is 2. The summed E-state index contributed by atoms with van der Waals surface area (Å²) >= 11 is 0. The molecule has 7 heteroatoms. The minimum absolute atomic E-state index is 0. The molecule has 0 spiro atoms. The second-order valence-electron chi connectivity index (χ2n) is 7.30. The summed E-state index contributed by atoms with van der Waals surface area (Å²) in [5.41, 5.74) is 1.16. The van der Waals surface area contributed by atoms with Gasteiger partial charge in [-0.15, -0.1) is 24.0 Å². The van der Waals surface area contributed by atoms with Crippen molar-refractivity contribution in [2.24, 2.45) is 4.99 Å². The molecule has 2 fully saturated rings. The highest BCUT2D eigenvalue weighted by atomic mass is 127. The summed E-state index contributed by atoms with van der Waals surface area (Å²) in [4.78, 5) is 7.06. The summed E-state index contributed by atoms with van der Waals surface area (Å²) in [6.45, 7) is 3.59. The summed E-state index contributed by atoms with van der Waals surface area (Å²) in [6.07, 6.45) is 4.21. The minimum atomic E-state index is 0. The molecule has 0 saturated carbocycles. The van der Waals surface area contributed by atoms with Crippen LogP contribution < -0.4 is 15.4 Å². The Morgan fingerprint density at radius 2 is 2.11 bits per heavy atom. The van der Waals surface area contributed by atoms with E-state index >= 15 is 0 Å². The Kier molecular flexibility index (Phi) is 8.62. The Balaban J connectivity index is 0.00000261. The van der Waals surface area contributed by atoms with Gasteiger partial charge in [0.2, 0.25) is 0 Å². The number of nitrogens with one attached hydrogen (secondary N) is 2. The molecule has 4 unspecified atom stereocenters. The van der Waals surface area contributed by atoms with E-state index < -0.39 is 0 Å². The van der Waals surface area contributed by atoms with Crippen molar-refractivity contribution in [2.75, 3.05) is 34.3 Å². The van der Waals surface area contributed by atoms with Crippen LogP contribution in [0.3, 0.4) is 0 Å². The molecule has 0 amide bonds. The molecule has 2 bridgehead atoms. The Morgan fingerprint density at radius 3 is 2.70 bits per heavy atom. The zero-order chi connectivity index (χ0) is 18.5. The van der Waals surface area contributed by atoms with E-state index in [1.165, 1.54) is 6.42 Å². The van der Waals surface area contributed by atoms with Crippen LogP contribution >= 0.6 is 24.0 Å². The molecule has 2 aliphatic heterocycles. The SMILES string of the molecule is CCNC(=NCC(c1ccccc1OC)N(C)C)NC1CC2CCC1O2.I. The molecular formula is C20H33IN4O2. The number of guanidine groups is 1. The van der Waals surface area contributed by atoms with E-state index in [1.54, 1.807) is 7.11 Å². The summed E-state index contributed by atoms with van der Waals surface area (Å²) in [7, 11) is 5.88. The first-order valence-corrected chi connectivity index (χ1v) is 9.62. The third-order valence-electron chi connectivity index (χ3n) is 5.32. The average Bonchev–Trinajstić information content (AvgIpc) is 3.25. The summed E-state index contributed by atoms with van der Waals surface area (Å²) in [6, 6.07) is 8.69. The Labute approximate surface area is 180 Å². The van der Waals surface area contributed by atoms with Crippen LogP contribution in [0.15, 0.2) is 29.3 Å². The van der Waals surface area contributed by atoms with Crippen molar-refractivity contribution in [3.05, 3.63) is 29.8 Å². The largest absolute Gasteiger partial charge is 0.496 e. The Bertz CT molecular complexity index is 626. The number of benzene rings is 1. The molecular weight excluding hydrogens is 455 g/mol. The summed E-state index contributed by atoms with van der Waals surface area (Å²) < 4.78 is 11.5. The van der Waals surface area contributed by atoms with Crippen molar-refractivity contribution in [1.82, 2.24) is 15.5 Å². The maximum atomic E-state index is 5.96. The Morgan fingerprint density at radius 1 is 1.33 bits per heavy atom. The number of nitrogens with zero attached hydrogens (tertiary/aromatic N) is 2. The van der Waals surface area contributed by atoms with Gasteiger partial charge in [0.25, 0.3) is 0 Å². The van der Waals surface area contributed by atoms with Crippen LogP contribution in [0.25, 0.3) is 0 Å². The minimum Gasteiger partial charge on any atom is -0.496 e. The van der Waals surface area contributed by atoms with E-state index in [2.05, 4.69) is 42.6 Å². The molecule has 2 aliphatic rings. The maximum Gasteiger partial charge on any atom is 0.191 e. The number of rotatable bonds is 7. The van der Waals surface area contributed by atoms with Crippen molar-refractivity contribution in [2.45, 2.75) is 50.5 Å². The van der Waals surface area contributed by atoms with Crippen LogP contribution in [0, 0.1) is 0 Å². The van der Waals surface area contributed by atoms with E-state index in [1.807, 2.05) is 18.2 Å². The lowest BCUT2D eigenvalue weighted by molar-refractivity contribution is 0.0992. The molecule has 0 aromatic heterocycles. The van der Waals surface area contributed by atoms with Crippen molar-refractivity contribution in [1.29, 1.82) is 0 Å². The zero-order valence-electron chi connectivity index (χ0n) is 16.8. The molecule has 2 saturated heterocycles. The van der Waals surface area contributed by atoms with Crippen LogP contribution in [0.5, 0.6) is 5.75 Å². The van der Waals surface area contributed by atoms with Gasteiger partial charge in [0.1, 0.15) is 5.75 Å². The van der Waals surface area contributed by atoms with Crippen LogP contribution in [0.2, 0.25) is 0 Å².